The number of nitrogens with zero attached hydrogens (tertiary/aromatic N) is 1. The van der Waals surface area contributed by atoms with Crippen LogP contribution in [-0.2, 0) is 0 Å². The Bertz CT molecular complexity index is 768. The van der Waals surface area contributed by atoms with E-state index in [1.165, 1.54) is 12.1 Å². The molecule has 4 heteroatoms. The second kappa shape index (κ2) is 4.98. The number of para-hydroxylation sites is 1. The van der Waals surface area contributed by atoms with Crippen LogP contribution in [0.25, 0.3) is 10.9 Å². The molecule has 0 fully saturated rings. The third kappa shape index (κ3) is 2.04. The minimum Gasteiger partial charge on any atom is -0.383 e. The fourth-order valence-corrected chi connectivity index (χ4v) is 2.25. The molecular weight excluding hydrogens is 260 g/mol. The van der Waals surface area contributed by atoms with E-state index in [1.807, 2.05) is 12.1 Å². The summed E-state index contributed by atoms with van der Waals surface area (Å²) in [7, 11) is 0. The highest BCUT2D eigenvalue weighted by Gasteiger charge is 2.19. The predicted octanol–water partition coefficient (Wildman–Crippen LogP) is 3.59. The zero-order valence-electron chi connectivity index (χ0n) is 10.4. The normalized spacial score (nSPS) is 12.6. The Morgan fingerprint density at radius 1 is 0.900 bits per heavy atom. The molecule has 3 aromatic rings. The molecule has 0 aliphatic carbocycles. The summed E-state index contributed by atoms with van der Waals surface area (Å²) in [6.07, 6.45) is 0.338. The molecule has 1 N–H and O–H groups in total. The highest BCUT2D eigenvalue weighted by atomic mass is 19.2. The first-order valence-corrected chi connectivity index (χ1v) is 6.14. The monoisotopic (exact) mass is 271 g/mol. The summed E-state index contributed by atoms with van der Waals surface area (Å²) in [6.45, 7) is 0. The first kappa shape index (κ1) is 12.7. The van der Waals surface area contributed by atoms with Crippen molar-refractivity contribution in [3.05, 3.63) is 77.5 Å². The summed E-state index contributed by atoms with van der Waals surface area (Å²) in [5, 5.41) is 11.2. The maximum absolute atomic E-state index is 13.8. The van der Waals surface area contributed by atoms with Gasteiger partial charge in [-0.2, -0.15) is 0 Å². The third-order valence-electron chi connectivity index (χ3n) is 3.23. The quantitative estimate of drug-likeness (QED) is 0.772. The molecule has 0 saturated heterocycles. The van der Waals surface area contributed by atoms with E-state index in [0.717, 1.165) is 11.5 Å². The molecule has 1 unspecified atom stereocenters. The number of rotatable bonds is 2. The van der Waals surface area contributed by atoms with Crippen LogP contribution in [0.5, 0.6) is 0 Å². The Kier molecular flexibility index (Phi) is 3.16. The number of benzene rings is 2. The van der Waals surface area contributed by atoms with Crippen LogP contribution >= 0.6 is 0 Å². The molecule has 0 amide bonds. The van der Waals surface area contributed by atoms with E-state index < -0.39 is 17.7 Å². The first-order valence-electron chi connectivity index (χ1n) is 6.14. The van der Waals surface area contributed by atoms with E-state index >= 15 is 0 Å². The predicted molar refractivity (Wildman–Crippen MR) is 72.2 cm³/mol. The Hall–Kier alpha value is -2.33. The van der Waals surface area contributed by atoms with E-state index in [9.17, 15) is 13.9 Å². The number of hydrogen-bond donors (Lipinski definition) is 1. The molecule has 1 atom stereocenters. The Morgan fingerprint density at radius 2 is 1.60 bits per heavy atom. The van der Waals surface area contributed by atoms with E-state index in [2.05, 4.69) is 4.98 Å². The van der Waals surface area contributed by atoms with Crippen LogP contribution in [0.1, 0.15) is 17.2 Å². The lowest BCUT2D eigenvalue weighted by Crippen LogP contribution is -2.05. The van der Waals surface area contributed by atoms with Crippen LogP contribution in [0, 0.1) is 11.6 Å². The van der Waals surface area contributed by atoms with Gasteiger partial charge >= 0.3 is 0 Å². The van der Waals surface area contributed by atoms with Crippen LogP contribution < -0.4 is 0 Å². The van der Waals surface area contributed by atoms with Crippen molar-refractivity contribution in [2.45, 2.75) is 6.10 Å². The zero-order valence-corrected chi connectivity index (χ0v) is 10.4. The van der Waals surface area contributed by atoms with Gasteiger partial charge in [-0.25, -0.2) is 8.78 Å². The average Bonchev–Trinajstić information content (AvgIpc) is 2.49. The molecule has 0 saturated carbocycles. The van der Waals surface area contributed by atoms with E-state index in [0.29, 0.717) is 11.1 Å². The topological polar surface area (TPSA) is 33.1 Å². The fourth-order valence-electron chi connectivity index (χ4n) is 2.25. The first-order chi connectivity index (χ1) is 9.68. The van der Waals surface area contributed by atoms with Crippen molar-refractivity contribution in [1.82, 2.24) is 4.98 Å². The van der Waals surface area contributed by atoms with Crippen molar-refractivity contribution in [2.75, 3.05) is 0 Å². The summed E-state index contributed by atoms with van der Waals surface area (Å²) in [6, 6.07) is 12.6. The molecule has 1 aromatic heterocycles. The number of aromatic nitrogens is 1. The van der Waals surface area contributed by atoms with E-state index in [1.54, 1.807) is 24.4 Å². The Labute approximate surface area is 114 Å². The van der Waals surface area contributed by atoms with Gasteiger partial charge in [0.2, 0.25) is 0 Å². The molecule has 0 aliphatic heterocycles. The number of aliphatic hydroxyl groups excluding tert-OH is 1. The van der Waals surface area contributed by atoms with Gasteiger partial charge in [-0.05, 0) is 12.1 Å². The van der Waals surface area contributed by atoms with Crippen molar-refractivity contribution in [1.29, 1.82) is 0 Å². The van der Waals surface area contributed by atoms with Crippen molar-refractivity contribution in [3.63, 3.8) is 0 Å². The molecule has 0 radical (unpaired) electrons. The molecule has 2 aromatic carbocycles. The number of aliphatic hydroxyl groups is 1. The van der Waals surface area contributed by atoms with Gasteiger partial charge < -0.3 is 5.11 Å². The second-order valence-electron chi connectivity index (χ2n) is 4.47. The highest BCUT2D eigenvalue weighted by Crippen LogP contribution is 2.29. The molecule has 0 aliphatic rings. The summed E-state index contributed by atoms with van der Waals surface area (Å²) >= 11 is 0. The van der Waals surface area contributed by atoms with Crippen molar-refractivity contribution < 1.29 is 13.9 Å². The molecule has 1 heterocycles. The molecule has 100 valence electrons. The summed E-state index contributed by atoms with van der Waals surface area (Å²) in [5.74, 6) is -2.01. The van der Waals surface area contributed by atoms with Crippen molar-refractivity contribution in [3.8, 4) is 0 Å². The lowest BCUT2D eigenvalue weighted by Gasteiger charge is -2.14. The Balaban J connectivity index is 2.18. The van der Waals surface area contributed by atoms with E-state index in [4.69, 9.17) is 0 Å². The van der Waals surface area contributed by atoms with Gasteiger partial charge in [0.25, 0.3) is 0 Å². The third-order valence-corrected chi connectivity index (χ3v) is 3.23. The molecule has 3 rings (SSSR count). The van der Waals surface area contributed by atoms with Crippen LogP contribution in [0.2, 0.25) is 0 Å². The van der Waals surface area contributed by atoms with Gasteiger partial charge in [0.15, 0.2) is 11.6 Å². The lowest BCUT2D eigenvalue weighted by molar-refractivity contribution is 0.214. The summed E-state index contributed by atoms with van der Waals surface area (Å²) in [5.41, 5.74) is 0.932. The number of hydrogen-bond acceptors (Lipinski definition) is 2. The molecule has 20 heavy (non-hydrogen) atoms. The van der Waals surface area contributed by atoms with Gasteiger partial charge in [-0.15, -0.1) is 0 Å². The minimum atomic E-state index is -1.26. The van der Waals surface area contributed by atoms with Crippen molar-refractivity contribution >= 4 is 10.9 Å². The molecule has 0 spiro atoms. The number of halogens is 2. The maximum atomic E-state index is 13.8. The van der Waals surface area contributed by atoms with Crippen LogP contribution in [0.15, 0.2) is 54.7 Å². The Morgan fingerprint density at radius 3 is 2.45 bits per heavy atom. The van der Waals surface area contributed by atoms with Crippen LogP contribution in [0.3, 0.4) is 0 Å². The summed E-state index contributed by atoms with van der Waals surface area (Å²) in [4.78, 5) is 4.20. The highest BCUT2D eigenvalue weighted by molar-refractivity contribution is 5.82. The van der Waals surface area contributed by atoms with Gasteiger partial charge in [0.05, 0.1) is 5.52 Å². The largest absolute Gasteiger partial charge is 0.383 e. The fraction of sp³-hybridized carbons (Fsp3) is 0.0625. The van der Waals surface area contributed by atoms with Crippen molar-refractivity contribution in [2.24, 2.45) is 0 Å². The SMILES string of the molecule is OC(c1cccc(F)c1F)c1cccc2cccnc12. The van der Waals surface area contributed by atoms with Crippen LogP contribution in [-0.4, -0.2) is 10.1 Å². The number of pyridine rings is 1. The van der Waals surface area contributed by atoms with Crippen LogP contribution in [0.4, 0.5) is 8.78 Å². The minimum absolute atomic E-state index is 0.0943. The molecule has 2 nitrogen and oxygen atoms in total. The molecular formula is C16H11F2NO. The average molecular weight is 271 g/mol. The van der Waals surface area contributed by atoms with E-state index in [-0.39, 0.29) is 5.56 Å². The second-order valence-corrected chi connectivity index (χ2v) is 4.47. The molecule has 0 bridgehead atoms. The zero-order chi connectivity index (χ0) is 14.1. The van der Waals surface area contributed by atoms with Gasteiger partial charge in [-0.3, -0.25) is 4.98 Å². The van der Waals surface area contributed by atoms with Gasteiger partial charge in [-0.1, -0.05) is 36.4 Å². The maximum Gasteiger partial charge on any atom is 0.164 e. The van der Waals surface area contributed by atoms with Gasteiger partial charge in [0.1, 0.15) is 6.10 Å². The smallest absolute Gasteiger partial charge is 0.164 e. The van der Waals surface area contributed by atoms with Gasteiger partial charge in [0, 0.05) is 22.7 Å². The standard InChI is InChI=1S/C16H11F2NO/c17-13-8-2-6-11(14(13)18)16(20)12-7-1-4-10-5-3-9-19-15(10)12/h1-9,16,20H. The lowest BCUT2D eigenvalue weighted by atomic mass is 9.98. The summed E-state index contributed by atoms with van der Waals surface area (Å²) < 4.78 is 27.0. The number of fused-ring (bicyclic) bond motifs is 1.